The number of hydrogen-bond acceptors (Lipinski definition) is 4. The predicted molar refractivity (Wildman–Crippen MR) is 74.4 cm³/mol. The summed E-state index contributed by atoms with van der Waals surface area (Å²) in [4.78, 5) is 22.5. The van der Waals surface area contributed by atoms with Crippen molar-refractivity contribution in [2.75, 3.05) is 13.2 Å². The van der Waals surface area contributed by atoms with Gasteiger partial charge in [-0.3, -0.25) is 0 Å². The number of ether oxygens (including phenoxy) is 2. The Kier molecular flexibility index (Phi) is 7.06. The van der Waals surface area contributed by atoms with Crippen molar-refractivity contribution < 1.29 is 19.1 Å². The quantitative estimate of drug-likeness (QED) is 0.338. The molecule has 0 N–H and O–H groups in total. The van der Waals surface area contributed by atoms with E-state index in [-0.39, 0.29) is 13.2 Å². The summed E-state index contributed by atoms with van der Waals surface area (Å²) in [5, 5.41) is 0. The van der Waals surface area contributed by atoms with Gasteiger partial charge in [-0.25, -0.2) is 9.59 Å². The van der Waals surface area contributed by atoms with Crippen molar-refractivity contribution in [1.82, 2.24) is 0 Å². The van der Waals surface area contributed by atoms with E-state index in [1.165, 1.54) is 0 Å². The maximum Gasteiger partial charge on any atom is 0.333 e. The average Bonchev–Trinajstić information content (AvgIpc) is 2.08. The fourth-order valence-electron chi connectivity index (χ4n) is 0.522. The van der Waals surface area contributed by atoms with Gasteiger partial charge in [0.1, 0.15) is 13.2 Å². The standard InChI is InChI=1S/C8H10Br4O4/c1-7(9,10)5(13)15-3-4-16-6(14)8(2,11)12/h3-4H2,1-2H3. The Morgan fingerprint density at radius 3 is 1.31 bits per heavy atom. The number of halogens is 4. The molecule has 0 aliphatic rings. The van der Waals surface area contributed by atoms with Crippen molar-refractivity contribution in [3.05, 3.63) is 0 Å². The van der Waals surface area contributed by atoms with Gasteiger partial charge in [-0.1, -0.05) is 63.7 Å². The molecule has 0 unspecified atom stereocenters. The van der Waals surface area contributed by atoms with E-state index in [1.807, 2.05) is 0 Å². The van der Waals surface area contributed by atoms with Gasteiger partial charge in [-0.15, -0.1) is 0 Å². The Balaban J connectivity index is 3.79. The molecule has 0 fully saturated rings. The molecule has 0 aliphatic heterocycles. The average molecular weight is 490 g/mol. The molecule has 0 aromatic rings. The van der Waals surface area contributed by atoms with Crippen LogP contribution in [-0.2, 0) is 19.1 Å². The zero-order chi connectivity index (χ0) is 13.0. The maximum atomic E-state index is 11.2. The second-order valence-corrected chi connectivity index (χ2v) is 11.5. The minimum atomic E-state index is -0.913. The van der Waals surface area contributed by atoms with E-state index >= 15 is 0 Å². The van der Waals surface area contributed by atoms with Crippen molar-refractivity contribution >= 4 is 75.7 Å². The third kappa shape index (κ3) is 7.24. The number of rotatable bonds is 5. The van der Waals surface area contributed by atoms with Gasteiger partial charge in [-0.05, 0) is 13.8 Å². The van der Waals surface area contributed by atoms with Gasteiger partial charge in [0, 0.05) is 0 Å². The first-order valence-electron chi connectivity index (χ1n) is 4.15. The van der Waals surface area contributed by atoms with Crippen LogP contribution in [0.3, 0.4) is 0 Å². The first kappa shape index (κ1) is 16.9. The second kappa shape index (κ2) is 6.70. The second-order valence-electron chi connectivity index (χ2n) is 3.05. The first-order valence-corrected chi connectivity index (χ1v) is 7.32. The number of alkyl halides is 4. The molecule has 94 valence electrons. The van der Waals surface area contributed by atoms with Gasteiger partial charge in [0.2, 0.25) is 0 Å². The molecule has 0 radical (unpaired) electrons. The molecule has 0 aliphatic carbocycles. The van der Waals surface area contributed by atoms with Crippen LogP contribution in [0, 0.1) is 0 Å². The molecule has 4 nitrogen and oxygen atoms in total. The Morgan fingerprint density at radius 1 is 0.875 bits per heavy atom. The highest BCUT2D eigenvalue weighted by atomic mass is 79.9. The summed E-state index contributed by atoms with van der Waals surface area (Å²) in [6.45, 7) is 3.20. The fraction of sp³-hybridized carbons (Fsp3) is 0.750. The molecule has 0 aromatic heterocycles. The maximum absolute atomic E-state index is 11.2. The Bertz CT molecular complexity index is 238. The van der Waals surface area contributed by atoms with Gasteiger partial charge in [0.05, 0.1) is 0 Å². The smallest absolute Gasteiger partial charge is 0.333 e. The molecule has 16 heavy (non-hydrogen) atoms. The molecule has 0 saturated heterocycles. The molecule has 8 heteroatoms. The Morgan fingerprint density at radius 2 is 1.12 bits per heavy atom. The van der Waals surface area contributed by atoms with Crippen LogP contribution in [0.4, 0.5) is 0 Å². The molecular weight excluding hydrogens is 480 g/mol. The monoisotopic (exact) mass is 486 g/mol. The molecular formula is C8H10Br4O4. The van der Waals surface area contributed by atoms with Gasteiger partial charge < -0.3 is 9.47 Å². The van der Waals surface area contributed by atoms with E-state index in [4.69, 9.17) is 9.47 Å². The number of hydrogen-bond donors (Lipinski definition) is 0. The van der Waals surface area contributed by atoms with E-state index in [2.05, 4.69) is 63.7 Å². The van der Waals surface area contributed by atoms with E-state index in [0.29, 0.717) is 0 Å². The highest BCUT2D eigenvalue weighted by molar-refractivity contribution is 9.26. The zero-order valence-corrected chi connectivity index (χ0v) is 14.9. The minimum Gasteiger partial charge on any atom is -0.460 e. The van der Waals surface area contributed by atoms with E-state index in [9.17, 15) is 9.59 Å². The Labute approximate surface area is 127 Å². The molecule has 0 atom stereocenters. The van der Waals surface area contributed by atoms with Crippen molar-refractivity contribution in [3.8, 4) is 0 Å². The molecule has 0 amide bonds. The van der Waals surface area contributed by atoms with Crippen LogP contribution in [0.25, 0.3) is 0 Å². The SMILES string of the molecule is CC(Br)(Br)C(=O)OCCOC(=O)C(C)(Br)Br. The zero-order valence-electron chi connectivity index (χ0n) is 8.56. The van der Waals surface area contributed by atoms with Crippen LogP contribution < -0.4 is 0 Å². The van der Waals surface area contributed by atoms with Crippen molar-refractivity contribution in [2.45, 2.75) is 20.3 Å². The molecule has 0 aromatic carbocycles. The van der Waals surface area contributed by atoms with Gasteiger partial charge in [0.15, 0.2) is 6.47 Å². The van der Waals surface area contributed by atoms with Crippen LogP contribution >= 0.6 is 63.7 Å². The third-order valence-corrected chi connectivity index (χ3v) is 2.56. The largest absolute Gasteiger partial charge is 0.460 e. The van der Waals surface area contributed by atoms with Gasteiger partial charge in [0.25, 0.3) is 0 Å². The summed E-state index contributed by atoms with van der Waals surface area (Å²) < 4.78 is 7.83. The summed E-state index contributed by atoms with van der Waals surface area (Å²) in [6.07, 6.45) is 0. The lowest BCUT2D eigenvalue weighted by atomic mass is 10.5. The van der Waals surface area contributed by atoms with Crippen molar-refractivity contribution in [3.63, 3.8) is 0 Å². The summed E-state index contributed by atoms with van der Waals surface area (Å²) in [6, 6.07) is 0. The van der Waals surface area contributed by atoms with Crippen molar-refractivity contribution in [1.29, 1.82) is 0 Å². The minimum absolute atomic E-state index is 0.00738. The summed E-state index contributed by atoms with van der Waals surface area (Å²) in [5.74, 6) is -0.965. The fourth-order valence-corrected chi connectivity index (χ4v) is 0.980. The molecule has 0 heterocycles. The lowest BCUT2D eigenvalue weighted by Crippen LogP contribution is -2.28. The number of esters is 2. The highest BCUT2D eigenvalue weighted by Crippen LogP contribution is 2.27. The first-order chi connectivity index (χ1) is 7.05. The van der Waals surface area contributed by atoms with Crippen LogP contribution in [0.5, 0.6) is 0 Å². The van der Waals surface area contributed by atoms with E-state index in [0.717, 1.165) is 0 Å². The third-order valence-electron chi connectivity index (χ3n) is 1.27. The number of carbonyl (C=O) groups is 2. The van der Waals surface area contributed by atoms with Crippen LogP contribution in [-0.4, -0.2) is 31.6 Å². The van der Waals surface area contributed by atoms with Crippen LogP contribution in [0.1, 0.15) is 13.8 Å². The van der Waals surface area contributed by atoms with E-state index < -0.39 is 18.4 Å². The molecule has 0 bridgehead atoms. The summed E-state index contributed by atoms with van der Waals surface area (Å²) >= 11 is 12.3. The number of carbonyl (C=O) groups excluding carboxylic acids is 2. The summed E-state index contributed by atoms with van der Waals surface area (Å²) in [7, 11) is 0. The normalized spacial score (nSPS) is 12.1. The molecule has 0 saturated carbocycles. The van der Waals surface area contributed by atoms with Crippen LogP contribution in [0.2, 0.25) is 0 Å². The Hall–Kier alpha value is 0.860. The highest BCUT2D eigenvalue weighted by Gasteiger charge is 2.29. The summed E-state index contributed by atoms with van der Waals surface area (Å²) in [5.41, 5.74) is 0. The lowest BCUT2D eigenvalue weighted by Gasteiger charge is -2.15. The van der Waals surface area contributed by atoms with E-state index in [1.54, 1.807) is 13.8 Å². The van der Waals surface area contributed by atoms with Crippen molar-refractivity contribution in [2.24, 2.45) is 0 Å². The lowest BCUT2D eigenvalue weighted by molar-refractivity contribution is -0.151. The van der Waals surface area contributed by atoms with Gasteiger partial charge >= 0.3 is 11.9 Å². The molecule has 0 rings (SSSR count). The van der Waals surface area contributed by atoms with Crippen LogP contribution in [0.15, 0.2) is 0 Å². The predicted octanol–water partition coefficient (Wildman–Crippen LogP) is 3.08. The molecule has 0 spiro atoms. The van der Waals surface area contributed by atoms with Gasteiger partial charge in [-0.2, -0.15) is 0 Å². The topological polar surface area (TPSA) is 52.6 Å².